The number of amides is 1. The number of aromatic nitrogens is 1. The lowest BCUT2D eigenvalue weighted by Crippen LogP contribution is -2.40. The second kappa shape index (κ2) is 12.1. The van der Waals surface area contributed by atoms with E-state index in [9.17, 15) is 18.0 Å². The third-order valence-corrected chi connectivity index (χ3v) is 8.66. The second-order valence-corrected chi connectivity index (χ2v) is 11.1. The highest BCUT2D eigenvalue weighted by Crippen LogP contribution is 2.33. The molecule has 0 spiro atoms. The van der Waals surface area contributed by atoms with Crippen LogP contribution in [0.1, 0.15) is 10.4 Å². The van der Waals surface area contributed by atoms with Crippen LogP contribution in [0.25, 0.3) is 11.3 Å². The maximum absolute atomic E-state index is 13.0. The molecule has 1 aliphatic rings. The van der Waals surface area contributed by atoms with Gasteiger partial charge in [-0.3, -0.25) is 10.1 Å². The van der Waals surface area contributed by atoms with Crippen LogP contribution in [0.15, 0.2) is 46.7 Å². The molecule has 1 saturated heterocycles. The van der Waals surface area contributed by atoms with E-state index in [4.69, 9.17) is 30.5 Å². The number of nitrogens with zero attached hydrogens (tertiary/aromatic N) is 2. The highest BCUT2D eigenvalue weighted by atomic mass is 35.5. The molecule has 202 valence electrons. The Bertz CT molecular complexity index is 1440. The summed E-state index contributed by atoms with van der Waals surface area (Å²) in [4.78, 5) is 29.1. The van der Waals surface area contributed by atoms with Gasteiger partial charge in [0.15, 0.2) is 23.2 Å². The van der Waals surface area contributed by atoms with Gasteiger partial charge in [-0.15, -0.1) is 11.3 Å². The van der Waals surface area contributed by atoms with Crippen LogP contribution in [0, 0.1) is 0 Å². The van der Waals surface area contributed by atoms with Crippen molar-refractivity contribution in [1.29, 1.82) is 0 Å². The highest BCUT2D eigenvalue weighted by Gasteiger charge is 2.29. The molecule has 0 radical (unpaired) electrons. The van der Waals surface area contributed by atoms with E-state index in [1.165, 1.54) is 34.9 Å². The summed E-state index contributed by atoms with van der Waals surface area (Å²) in [7, 11) is -0.864. The van der Waals surface area contributed by atoms with E-state index in [-0.39, 0.29) is 41.8 Å². The van der Waals surface area contributed by atoms with Crippen LogP contribution >= 0.6 is 22.9 Å². The number of hydrogen-bond donors (Lipinski definition) is 1. The van der Waals surface area contributed by atoms with Crippen molar-refractivity contribution in [1.82, 2.24) is 9.29 Å². The summed E-state index contributed by atoms with van der Waals surface area (Å²) in [6, 6.07) is 9.10. The smallest absolute Gasteiger partial charge is 0.338 e. The number of carbonyl (C=O) groups excluding carboxylic acids is 2. The summed E-state index contributed by atoms with van der Waals surface area (Å²) >= 11 is 7.32. The van der Waals surface area contributed by atoms with Crippen LogP contribution in [-0.4, -0.2) is 76.7 Å². The van der Waals surface area contributed by atoms with E-state index in [0.29, 0.717) is 22.3 Å². The molecule has 11 nitrogen and oxygen atoms in total. The third-order valence-electron chi connectivity index (χ3n) is 5.52. The summed E-state index contributed by atoms with van der Waals surface area (Å²) in [6.07, 6.45) is 0. The first-order valence-electron chi connectivity index (χ1n) is 11.2. The average molecular weight is 582 g/mol. The van der Waals surface area contributed by atoms with Crippen LogP contribution in [-0.2, 0) is 24.3 Å². The largest absolute Gasteiger partial charge is 0.493 e. The minimum absolute atomic E-state index is 0.0279. The van der Waals surface area contributed by atoms with Crippen molar-refractivity contribution in [2.24, 2.45) is 0 Å². The molecular formula is C24H24ClN3O8S2. The highest BCUT2D eigenvalue weighted by molar-refractivity contribution is 7.89. The number of morpholine rings is 1. The minimum Gasteiger partial charge on any atom is -0.493 e. The average Bonchev–Trinajstić information content (AvgIpc) is 3.40. The fourth-order valence-corrected chi connectivity index (χ4v) is 6.23. The Labute approximate surface area is 228 Å². The lowest BCUT2D eigenvalue weighted by atomic mass is 10.1. The molecule has 0 unspecified atom stereocenters. The number of nitrogens with one attached hydrogen (secondary N) is 1. The SMILES string of the molecule is COc1ccc(-c2csc(NC(=O)COC(=O)c3ccc(Cl)c(S(=O)(=O)N4CCOCC4)c3)n2)cc1OC. The number of thiazole rings is 1. The van der Waals surface area contributed by atoms with Crippen LogP contribution in [0.2, 0.25) is 5.02 Å². The molecule has 1 aromatic heterocycles. The Hall–Kier alpha value is -3.23. The van der Waals surface area contributed by atoms with Crippen LogP contribution in [0.5, 0.6) is 11.5 Å². The van der Waals surface area contributed by atoms with E-state index in [0.717, 1.165) is 11.6 Å². The lowest BCUT2D eigenvalue weighted by molar-refractivity contribution is -0.119. The van der Waals surface area contributed by atoms with Crippen molar-refractivity contribution in [2.75, 3.05) is 52.4 Å². The van der Waals surface area contributed by atoms with Gasteiger partial charge in [-0.1, -0.05) is 11.6 Å². The third kappa shape index (κ3) is 6.25. The van der Waals surface area contributed by atoms with Gasteiger partial charge >= 0.3 is 5.97 Å². The summed E-state index contributed by atoms with van der Waals surface area (Å²) in [5.74, 6) is -0.367. The number of sulfonamides is 1. The van der Waals surface area contributed by atoms with E-state index < -0.39 is 28.5 Å². The van der Waals surface area contributed by atoms with Gasteiger partial charge < -0.3 is 18.9 Å². The van der Waals surface area contributed by atoms with Crippen molar-refractivity contribution in [3.05, 3.63) is 52.4 Å². The zero-order valence-electron chi connectivity index (χ0n) is 20.4. The summed E-state index contributed by atoms with van der Waals surface area (Å²) in [5.41, 5.74) is 1.31. The van der Waals surface area contributed by atoms with Crippen molar-refractivity contribution in [3.63, 3.8) is 0 Å². The fraction of sp³-hybridized carbons (Fsp3) is 0.292. The summed E-state index contributed by atoms with van der Waals surface area (Å²) in [6.45, 7) is 0.291. The van der Waals surface area contributed by atoms with Gasteiger partial charge in [0.2, 0.25) is 10.0 Å². The Morgan fingerprint density at radius 3 is 2.55 bits per heavy atom. The molecule has 1 N–H and O–H groups in total. The number of hydrogen-bond acceptors (Lipinski definition) is 10. The van der Waals surface area contributed by atoms with Gasteiger partial charge in [-0.2, -0.15) is 4.31 Å². The first-order valence-corrected chi connectivity index (χ1v) is 13.9. The number of methoxy groups -OCH3 is 2. The van der Waals surface area contributed by atoms with Crippen LogP contribution < -0.4 is 14.8 Å². The molecule has 0 aliphatic carbocycles. The van der Waals surface area contributed by atoms with Gasteiger partial charge in [0.05, 0.1) is 43.7 Å². The number of ether oxygens (including phenoxy) is 4. The number of halogens is 1. The standard InChI is InChI=1S/C24H24ClN3O8S2/c1-33-19-6-4-15(11-20(19)34-2)18-14-37-24(26-18)27-22(29)13-36-23(30)16-3-5-17(25)21(12-16)38(31,32)28-7-9-35-10-8-28/h3-6,11-12,14H,7-10,13H2,1-2H3,(H,26,27,29). The van der Waals surface area contributed by atoms with Gasteiger partial charge in [0.1, 0.15) is 4.90 Å². The minimum atomic E-state index is -3.94. The Kier molecular flexibility index (Phi) is 8.84. The molecule has 3 aromatic rings. The monoisotopic (exact) mass is 581 g/mol. The number of carbonyl (C=O) groups is 2. The number of rotatable bonds is 9. The molecule has 1 aliphatic heterocycles. The number of benzene rings is 2. The molecule has 2 heterocycles. The number of esters is 1. The Balaban J connectivity index is 1.38. The first kappa shape index (κ1) is 27.8. The van der Waals surface area contributed by atoms with E-state index in [1.54, 1.807) is 24.6 Å². The Morgan fingerprint density at radius 1 is 1.11 bits per heavy atom. The van der Waals surface area contributed by atoms with Crippen molar-refractivity contribution in [2.45, 2.75) is 4.90 Å². The van der Waals surface area contributed by atoms with E-state index in [2.05, 4.69) is 10.3 Å². The second-order valence-electron chi connectivity index (χ2n) is 7.89. The van der Waals surface area contributed by atoms with Crippen molar-refractivity contribution < 1.29 is 37.0 Å². The zero-order valence-corrected chi connectivity index (χ0v) is 22.8. The lowest BCUT2D eigenvalue weighted by Gasteiger charge is -2.26. The topological polar surface area (TPSA) is 133 Å². The molecule has 4 rings (SSSR count). The predicted octanol–water partition coefficient (Wildman–Crippen LogP) is 3.30. The normalized spacial score (nSPS) is 14.1. The number of anilines is 1. The van der Waals surface area contributed by atoms with E-state index >= 15 is 0 Å². The van der Waals surface area contributed by atoms with Crippen LogP contribution in [0.3, 0.4) is 0 Å². The molecule has 14 heteroatoms. The summed E-state index contributed by atoms with van der Waals surface area (Å²) in [5, 5.41) is 4.61. The molecule has 0 bridgehead atoms. The molecular weight excluding hydrogens is 558 g/mol. The zero-order chi connectivity index (χ0) is 27.3. The van der Waals surface area contributed by atoms with Gasteiger partial charge in [0, 0.05) is 24.0 Å². The fourth-order valence-electron chi connectivity index (χ4n) is 3.58. The maximum atomic E-state index is 13.0. The molecule has 38 heavy (non-hydrogen) atoms. The van der Waals surface area contributed by atoms with Crippen molar-refractivity contribution >= 4 is 50.0 Å². The molecule has 1 fully saturated rings. The van der Waals surface area contributed by atoms with Crippen molar-refractivity contribution in [3.8, 4) is 22.8 Å². The maximum Gasteiger partial charge on any atom is 0.338 e. The molecule has 0 atom stereocenters. The van der Waals surface area contributed by atoms with Gasteiger partial charge in [-0.05, 0) is 36.4 Å². The molecule has 0 saturated carbocycles. The first-order chi connectivity index (χ1) is 18.2. The van der Waals surface area contributed by atoms with Gasteiger partial charge in [-0.25, -0.2) is 18.2 Å². The molecule has 1 amide bonds. The van der Waals surface area contributed by atoms with E-state index in [1.807, 2.05) is 6.07 Å². The van der Waals surface area contributed by atoms with Gasteiger partial charge in [0.25, 0.3) is 5.91 Å². The quantitative estimate of drug-likeness (QED) is 0.378. The summed E-state index contributed by atoms with van der Waals surface area (Å²) < 4.78 is 48.0. The molecule has 2 aromatic carbocycles. The Morgan fingerprint density at radius 2 is 1.84 bits per heavy atom. The van der Waals surface area contributed by atoms with Crippen LogP contribution in [0.4, 0.5) is 5.13 Å². The predicted molar refractivity (Wildman–Crippen MR) is 141 cm³/mol.